The van der Waals surface area contributed by atoms with E-state index in [0.717, 1.165) is 26.0 Å². The number of nitrogens with zero attached hydrogens (tertiary/aromatic N) is 1. The number of aromatic amines is 1. The van der Waals surface area contributed by atoms with E-state index in [9.17, 15) is 4.79 Å². The second-order valence-electron chi connectivity index (χ2n) is 6.03. The Balaban J connectivity index is 0.000000160. The number of hydrogen-bond donors (Lipinski definition) is 1. The average Bonchev–Trinajstić information content (AvgIpc) is 3.40. The summed E-state index contributed by atoms with van der Waals surface area (Å²) in [6.07, 6.45) is 4.50. The summed E-state index contributed by atoms with van der Waals surface area (Å²) in [5.74, 6) is 1.94. The van der Waals surface area contributed by atoms with Gasteiger partial charge in [0.2, 0.25) is 0 Å². The minimum absolute atomic E-state index is 0.109. The zero-order valence-corrected chi connectivity index (χ0v) is 18.6. The van der Waals surface area contributed by atoms with Crippen LogP contribution < -0.4 is 0 Å². The molecule has 3 nitrogen and oxygen atoms in total. The number of nitrogens with one attached hydrogen (secondary N) is 1. The molecule has 0 radical (unpaired) electrons. The molecule has 1 aromatic heterocycles. The predicted octanol–water partition coefficient (Wildman–Crippen LogP) is 6.74. The number of H-pyrrole nitrogens is 1. The van der Waals surface area contributed by atoms with Crippen molar-refractivity contribution in [3.05, 3.63) is 75.1 Å². The van der Waals surface area contributed by atoms with Gasteiger partial charge in [-0.1, -0.05) is 72.1 Å². The molecule has 1 aliphatic rings. The maximum absolute atomic E-state index is 11.1. The summed E-state index contributed by atoms with van der Waals surface area (Å²) in [7, 11) is 0. The second kappa shape index (κ2) is 9.11. The normalized spacial score (nSPS) is 13.0. The van der Waals surface area contributed by atoms with Gasteiger partial charge in [-0.05, 0) is 42.7 Å². The molecule has 3 aromatic rings. The SMILES string of the molecule is Brc1ccc(-c2cnc(C3CC3)[nH]2)cc1.O=C(CBr)c1ccc(Br)cc1. The molecule has 1 heterocycles. The number of imidazole rings is 1. The Hall–Kier alpha value is -1.24. The van der Waals surface area contributed by atoms with E-state index < -0.39 is 0 Å². The molecule has 1 fully saturated rings. The number of hydrogen-bond acceptors (Lipinski definition) is 2. The minimum Gasteiger partial charge on any atom is -0.342 e. The Bertz CT molecular complexity index is 869. The first-order chi connectivity index (χ1) is 12.6. The molecule has 1 N–H and O–H groups in total. The van der Waals surface area contributed by atoms with Crippen molar-refractivity contribution in [2.24, 2.45) is 0 Å². The lowest BCUT2D eigenvalue weighted by molar-refractivity contribution is 0.102. The van der Waals surface area contributed by atoms with Crippen LogP contribution in [-0.2, 0) is 0 Å². The Kier molecular flexibility index (Phi) is 6.84. The molecule has 0 bridgehead atoms. The lowest BCUT2D eigenvalue weighted by atomic mass is 10.2. The van der Waals surface area contributed by atoms with Crippen molar-refractivity contribution in [1.29, 1.82) is 0 Å². The number of Topliss-reactive ketones (excluding diaryl/α,β-unsaturated/α-hetero) is 1. The Morgan fingerprint density at radius 3 is 2.12 bits per heavy atom. The molecule has 1 saturated carbocycles. The molecule has 2 aromatic carbocycles. The molecule has 0 spiro atoms. The van der Waals surface area contributed by atoms with E-state index in [1.54, 1.807) is 12.1 Å². The third-order valence-corrected chi connectivity index (χ3v) is 5.57. The molecule has 0 saturated heterocycles. The van der Waals surface area contributed by atoms with Crippen molar-refractivity contribution < 1.29 is 4.79 Å². The standard InChI is InChI=1S/C12H11BrN2.C8H6Br2O/c13-10-5-3-8(4-6-10)11-7-14-12(15-11)9-1-2-9;9-5-8(11)6-1-3-7(10)4-2-6/h3-7,9H,1-2H2,(H,14,15);1-4H,5H2. The summed E-state index contributed by atoms with van der Waals surface area (Å²) in [5.41, 5.74) is 3.05. The second-order valence-corrected chi connectivity index (χ2v) is 8.42. The molecule has 0 amide bonds. The first-order valence-corrected chi connectivity index (χ1v) is 10.9. The highest BCUT2D eigenvalue weighted by Crippen LogP contribution is 2.38. The van der Waals surface area contributed by atoms with E-state index in [1.165, 1.54) is 18.4 Å². The van der Waals surface area contributed by atoms with Crippen LogP contribution >= 0.6 is 47.8 Å². The maximum Gasteiger partial charge on any atom is 0.173 e. The van der Waals surface area contributed by atoms with E-state index >= 15 is 0 Å². The monoisotopic (exact) mass is 538 g/mol. The Morgan fingerprint density at radius 1 is 1.00 bits per heavy atom. The van der Waals surface area contributed by atoms with Gasteiger partial charge in [0.1, 0.15) is 5.82 Å². The Labute approximate surface area is 178 Å². The molecule has 6 heteroatoms. The van der Waals surface area contributed by atoms with Gasteiger partial charge in [-0.15, -0.1) is 0 Å². The molecule has 0 atom stereocenters. The number of benzene rings is 2. The van der Waals surface area contributed by atoms with Gasteiger partial charge in [0, 0.05) is 20.4 Å². The number of ketones is 1. The van der Waals surface area contributed by atoms with Crippen LogP contribution in [0.25, 0.3) is 11.3 Å². The van der Waals surface area contributed by atoms with Crippen molar-refractivity contribution in [1.82, 2.24) is 9.97 Å². The number of carbonyl (C=O) groups excluding carboxylic acids is 1. The van der Waals surface area contributed by atoms with Crippen LogP contribution in [0, 0.1) is 0 Å². The predicted molar refractivity (Wildman–Crippen MR) is 116 cm³/mol. The molecule has 1 aliphatic carbocycles. The Morgan fingerprint density at radius 2 is 1.58 bits per heavy atom. The fraction of sp³-hybridized carbons (Fsp3) is 0.200. The zero-order chi connectivity index (χ0) is 18.5. The molecule has 4 rings (SSSR count). The lowest BCUT2D eigenvalue weighted by Gasteiger charge is -1.97. The highest BCUT2D eigenvalue weighted by molar-refractivity contribution is 9.10. The van der Waals surface area contributed by atoms with Crippen LogP contribution in [0.15, 0.2) is 63.7 Å². The van der Waals surface area contributed by atoms with Crippen molar-refractivity contribution in [3.63, 3.8) is 0 Å². The smallest absolute Gasteiger partial charge is 0.173 e. The van der Waals surface area contributed by atoms with Gasteiger partial charge in [-0.3, -0.25) is 4.79 Å². The molecule has 0 unspecified atom stereocenters. The molecule has 134 valence electrons. The van der Waals surface area contributed by atoms with Gasteiger partial charge in [0.15, 0.2) is 5.78 Å². The maximum atomic E-state index is 11.1. The molecule has 0 aliphatic heterocycles. The lowest BCUT2D eigenvalue weighted by Crippen LogP contribution is -1.98. The summed E-state index contributed by atoms with van der Waals surface area (Å²) in [6, 6.07) is 15.6. The van der Waals surface area contributed by atoms with Gasteiger partial charge in [-0.2, -0.15) is 0 Å². The van der Waals surface area contributed by atoms with E-state index in [2.05, 4.69) is 69.9 Å². The van der Waals surface area contributed by atoms with Crippen LogP contribution in [0.4, 0.5) is 0 Å². The first kappa shape index (κ1) is 19.5. The van der Waals surface area contributed by atoms with Crippen molar-refractivity contribution >= 4 is 53.6 Å². The van der Waals surface area contributed by atoms with Gasteiger partial charge < -0.3 is 4.98 Å². The van der Waals surface area contributed by atoms with Crippen LogP contribution in [0.3, 0.4) is 0 Å². The number of aromatic nitrogens is 2. The quantitative estimate of drug-likeness (QED) is 0.294. The van der Waals surface area contributed by atoms with Crippen LogP contribution in [0.2, 0.25) is 0 Å². The van der Waals surface area contributed by atoms with Crippen LogP contribution in [0.5, 0.6) is 0 Å². The zero-order valence-electron chi connectivity index (χ0n) is 13.9. The third kappa shape index (κ3) is 5.38. The van der Waals surface area contributed by atoms with Crippen LogP contribution in [-0.4, -0.2) is 21.1 Å². The highest BCUT2D eigenvalue weighted by Gasteiger charge is 2.26. The van der Waals surface area contributed by atoms with Crippen molar-refractivity contribution in [2.75, 3.05) is 5.33 Å². The van der Waals surface area contributed by atoms with Gasteiger partial charge in [0.25, 0.3) is 0 Å². The number of carbonyl (C=O) groups is 1. The summed E-state index contributed by atoms with van der Waals surface area (Å²) in [5, 5.41) is 0.384. The fourth-order valence-corrected chi connectivity index (χ4v) is 3.24. The minimum atomic E-state index is 0.109. The summed E-state index contributed by atoms with van der Waals surface area (Å²) in [6.45, 7) is 0. The average molecular weight is 541 g/mol. The van der Waals surface area contributed by atoms with E-state index in [1.807, 2.05) is 30.5 Å². The molecule has 26 heavy (non-hydrogen) atoms. The van der Waals surface area contributed by atoms with E-state index in [0.29, 0.717) is 11.2 Å². The van der Waals surface area contributed by atoms with Gasteiger partial charge in [0.05, 0.1) is 17.2 Å². The largest absolute Gasteiger partial charge is 0.342 e. The first-order valence-electron chi connectivity index (χ1n) is 8.22. The highest BCUT2D eigenvalue weighted by atomic mass is 79.9. The number of alkyl halides is 1. The summed E-state index contributed by atoms with van der Waals surface area (Å²) < 4.78 is 2.09. The third-order valence-electron chi connectivity index (χ3n) is 4.00. The van der Waals surface area contributed by atoms with Crippen LogP contribution in [0.1, 0.15) is 34.9 Å². The number of rotatable bonds is 4. The van der Waals surface area contributed by atoms with E-state index in [-0.39, 0.29) is 5.78 Å². The topological polar surface area (TPSA) is 45.8 Å². The number of halogens is 3. The molecular weight excluding hydrogens is 524 g/mol. The van der Waals surface area contributed by atoms with E-state index in [4.69, 9.17) is 0 Å². The van der Waals surface area contributed by atoms with Gasteiger partial charge in [-0.25, -0.2) is 4.98 Å². The summed E-state index contributed by atoms with van der Waals surface area (Å²) in [4.78, 5) is 18.9. The van der Waals surface area contributed by atoms with Gasteiger partial charge >= 0.3 is 0 Å². The van der Waals surface area contributed by atoms with Crippen molar-refractivity contribution in [2.45, 2.75) is 18.8 Å². The molecular formula is C20H17Br3N2O. The van der Waals surface area contributed by atoms with Crippen molar-refractivity contribution in [3.8, 4) is 11.3 Å². The fourth-order valence-electron chi connectivity index (χ4n) is 2.39. The summed E-state index contributed by atoms with van der Waals surface area (Å²) >= 11 is 9.83.